The lowest BCUT2D eigenvalue weighted by Crippen LogP contribution is -2.32. The SMILES string of the molecule is CCCOc1cccc(NC2=C(c3ccc(C)cc3C)C(=O)N(c3ccccc3Cl)C2=O)c1. The fraction of sp³-hybridized carbons (Fsp3) is 0.185. The van der Waals surface area contributed by atoms with Crippen LogP contribution in [0.3, 0.4) is 0 Å². The van der Waals surface area contributed by atoms with Crippen LogP contribution in [-0.4, -0.2) is 18.4 Å². The van der Waals surface area contributed by atoms with Gasteiger partial charge in [-0.3, -0.25) is 9.59 Å². The maximum absolute atomic E-state index is 13.6. The number of benzene rings is 3. The topological polar surface area (TPSA) is 58.6 Å². The lowest BCUT2D eigenvalue weighted by atomic mass is 9.97. The third kappa shape index (κ3) is 4.50. The summed E-state index contributed by atoms with van der Waals surface area (Å²) in [5.41, 5.74) is 4.22. The number of nitrogens with one attached hydrogen (secondary N) is 1. The molecular formula is C27H25ClN2O3. The summed E-state index contributed by atoms with van der Waals surface area (Å²) in [6.45, 7) is 6.55. The summed E-state index contributed by atoms with van der Waals surface area (Å²) in [4.78, 5) is 28.4. The lowest BCUT2D eigenvalue weighted by Gasteiger charge is -2.17. The number of aryl methyl sites for hydroxylation is 2. The van der Waals surface area contributed by atoms with E-state index in [1.807, 2.05) is 63.2 Å². The third-order valence-corrected chi connectivity index (χ3v) is 5.72. The van der Waals surface area contributed by atoms with E-state index in [-0.39, 0.29) is 5.70 Å². The van der Waals surface area contributed by atoms with Gasteiger partial charge >= 0.3 is 0 Å². The van der Waals surface area contributed by atoms with Crippen LogP contribution >= 0.6 is 11.6 Å². The molecule has 0 saturated carbocycles. The number of hydrogen-bond donors (Lipinski definition) is 1. The van der Waals surface area contributed by atoms with Crippen molar-refractivity contribution in [3.8, 4) is 5.75 Å². The van der Waals surface area contributed by atoms with Gasteiger partial charge in [0.15, 0.2) is 0 Å². The van der Waals surface area contributed by atoms with Crippen molar-refractivity contribution in [1.82, 2.24) is 0 Å². The number of halogens is 1. The minimum Gasteiger partial charge on any atom is -0.494 e. The molecule has 0 fully saturated rings. The fourth-order valence-corrected chi connectivity index (χ4v) is 4.09. The molecule has 0 aliphatic carbocycles. The number of nitrogens with zero attached hydrogens (tertiary/aromatic N) is 1. The van der Waals surface area contributed by atoms with Crippen molar-refractivity contribution in [1.29, 1.82) is 0 Å². The molecule has 1 aliphatic heterocycles. The summed E-state index contributed by atoms with van der Waals surface area (Å²) in [5.74, 6) is -0.181. The number of rotatable bonds is 7. The first-order chi connectivity index (χ1) is 15.9. The van der Waals surface area contributed by atoms with Gasteiger partial charge in [0.05, 0.1) is 22.9 Å². The molecule has 5 nitrogen and oxygen atoms in total. The molecule has 33 heavy (non-hydrogen) atoms. The van der Waals surface area contributed by atoms with Crippen molar-refractivity contribution in [2.75, 3.05) is 16.8 Å². The number of para-hydroxylation sites is 1. The first-order valence-corrected chi connectivity index (χ1v) is 11.2. The summed E-state index contributed by atoms with van der Waals surface area (Å²) in [6, 6.07) is 20.0. The van der Waals surface area contributed by atoms with Crippen LogP contribution < -0.4 is 15.0 Å². The van der Waals surface area contributed by atoms with Crippen LogP contribution in [0, 0.1) is 13.8 Å². The smallest absolute Gasteiger partial charge is 0.282 e. The maximum Gasteiger partial charge on any atom is 0.282 e. The molecule has 1 N–H and O–H groups in total. The van der Waals surface area contributed by atoms with Crippen molar-refractivity contribution < 1.29 is 14.3 Å². The summed E-state index contributed by atoms with van der Waals surface area (Å²) in [7, 11) is 0. The van der Waals surface area contributed by atoms with E-state index >= 15 is 0 Å². The van der Waals surface area contributed by atoms with Crippen LogP contribution in [0.1, 0.15) is 30.0 Å². The van der Waals surface area contributed by atoms with Gasteiger partial charge in [-0.25, -0.2) is 4.90 Å². The Labute approximate surface area is 198 Å². The van der Waals surface area contributed by atoms with E-state index < -0.39 is 11.8 Å². The van der Waals surface area contributed by atoms with E-state index in [0.29, 0.717) is 39.9 Å². The Morgan fingerprint density at radius 2 is 1.73 bits per heavy atom. The third-order valence-electron chi connectivity index (χ3n) is 5.40. The molecule has 2 amide bonds. The van der Waals surface area contributed by atoms with Gasteiger partial charge in [0.25, 0.3) is 11.8 Å². The second-order valence-electron chi connectivity index (χ2n) is 7.97. The summed E-state index contributed by atoms with van der Waals surface area (Å²) in [6.07, 6.45) is 0.888. The molecule has 0 spiro atoms. The number of carbonyl (C=O) groups excluding carboxylic acids is 2. The van der Waals surface area contributed by atoms with Gasteiger partial charge in [-0.15, -0.1) is 0 Å². The van der Waals surface area contributed by atoms with Crippen LogP contribution in [0.5, 0.6) is 5.75 Å². The first-order valence-electron chi connectivity index (χ1n) is 10.9. The second-order valence-corrected chi connectivity index (χ2v) is 8.37. The zero-order valence-corrected chi connectivity index (χ0v) is 19.6. The number of carbonyl (C=O) groups is 2. The fourth-order valence-electron chi connectivity index (χ4n) is 3.87. The number of anilines is 2. The van der Waals surface area contributed by atoms with Gasteiger partial charge in [-0.05, 0) is 55.7 Å². The first kappa shape index (κ1) is 22.6. The van der Waals surface area contributed by atoms with Crippen molar-refractivity contribution >= 4 is 40.4 Å². The molecule has 168 valence electrons. The van der Waals surface area contributed by atoms with Crippen molar-refractivity contribution in [2.24, 2.45) is 0 Å². The van der Waals surface area contributed by atoms with E-state index in [1.165, 1.54) is 0 Å². The average Bonchev–Trinajstić information content (AvgIpc) is 3.02. The lowest BCUT2D eigenvalue weighted by molar-refractivity contribution is -0.120. The van der Waals surface area contributed by atoms with Crippen molar-refractivity contribution in [2.45, 2.75) is 27.2 Å². The largest absolute Gasteiger partial charge is 0.494 e. The van der Waals surface area contributed by atoms with Crippen LogP contribution in [-0.2, 0) is 9.59 Å². The standard InChI is InChI=1S/C27H25ClN2O3/c1-4-14-33-20-9-7-8-19(16-20)29-25-24(21-13-12-17(2)15-18(21)3)26(31)30(27(25)32)23-11-6-5-10-22(23)28/h5-13,15-16,29H,4,14H2,1-3H3. The molecule has 0 atom stereocenters. The van der Waals surface area contributed by atoms with E-state index in [0.717, 1.165) is 22.4 Å². The Bertz CT molecular complexity index is 1270. The highest BCUT2D eigenvalue weighted by Crippen LogP contribution is 2.38. The molecule has 4 rings (SSSR count). The normalized spacial score (nSPS) is 13.6. The van der Waals surface area contributed by atoms with Gasteiger partial charge in [0.1, 0.15) is 11.4 Å². The molecule has 1 aliphatic rings. The molecule has 1 heterocycles. The number of imide groups is 1. The highest BCUT2D eigenvalue weighted by Gasteiger charge is 2.41. The summed E-state index contributed by atoms with van der Waals surface area (Å²) < 4.78 is 5.72. The van der Waals surface area contributed by atoms with Crippen LogP contribution in [0.2, 0.25) is 5.02 Å². The predicted octanol–water partition coefficient (Wildman–Crippen LogP) is 6.14. The summed E-state index contributed by atoms with van der Waals surface area (Å²) >= 11 is 6.36. The highest BCUT2D eigenvalue weighted by atomic mass is 35.5. The van der Waals surface area contributed by atoms with Crippen LogP contribution in [0.25, 0.3) is 5.57 Å². The Kier molecular flexibility index (Phi) is 6.52. The highest BCUT2D eigenvalue weighted by molar-refractivity contribution is 6.48. The minimum atomic E-state index is -0.456. The Balaban J connectivity index is 1.81. The molecular weight excluding hydrogens is 436 g/mol. The van der Waals surface area contributed by atoms with E-state index in [4.69, 9.17) is 16.3 Å². The van der Waals surface area contributed by atoms with Gasteiger partial charge in [0.2, 0.25) is 0 Å². The van der Waals surface area contributed by atoms with E-state index in [1.54, 1.807) is 24.3 Å². The molecule has 3 aromatic rings. The van der Waals surface area contributed by atoms with Crippen LogP contribution in [0.15, 0.2) is 72.4 Å². The monoisotopic (exact) mass is 460 g/mol. The molecule has 0 aromatic heterocycles. The van der Waals surface area contributed by atoms with Crippen molar-refractivity contribution in [3.63, 3.8) is 0 Å². The molecule has 3 aromatic carbocycles. The Morgan fingerprint density at radius 3 is 2.45 bits per heavy atom. The van der Waals surface area contributed by atoms with Crippen LogP contribution in [0.4, 0.5) is 11.4 Å². The molecule has 0 bridgehead atoms. The Hall–Kier alpha value is -3.57. The predicted molar refractivity (Wildman–Crippen MR) is 133 cm³/mol. The van der Waals surface area contributed by atoms with Crippen molar-refractivity contribution in [3.05, 3.63) is 94.1 Å². The molecule has 0 saturated heterocycles. The quantitative estimate of drug-likeness (QED) is 0.430. The maximum atomic E-state index is 13.6. The number of amides is 2. The number of hydrogen-bond acceptors (Lipinski definition) is 4. The van der Waals surface area contributed by atoms with Gasteiger partial charge in [-0.2, -0.15) is 0 Å². The minimum absolute atomic E-state index is 0.208. The summed E-state index contributed by atoms with van der Waals surface area (Å²) in [5, 5.41) is 3.52. The average molecular weight is 461 g/mol. The second kappa shape index (κ2) is 9.51. The zero-order valence-electron chi connectivity index (χ0n) is 18.8. The molecule has 0 unspecified atom stereocenters. The molecule has 0 radical (unpaired) electrons. The van der Waals surface area contributed by atoms with Gasteiger partial charge in [0, 0.05) is 11.8 Å². The number of ether oxygens (including phenoxy) is 1. The molecule has 6 heteroatoms. The Morgan fingerprint density at radius 1 is 0.939 bits per heavy atom. The van der Waals surface area contributed by atoms with E-state index in [2.05, 4.69) is 5.32 Å². The van der Waals surface area contributed by atoms with Gasteiger partial charge in [-0.1, -0.05) is 60.5 Å². The zero-order chi connectivity index (χ0) is 23.5. The van der Waals surface area contributed by atoms with Gasteiger partial charge < -0.3 is 10.1 Å². The van der Waals surface area contributed by atoms with E-state index in [9.17, 15) is 9.59 Å².